The predicted molar refractivity (Wildman–Crippen MR) is 88.6 cm³/mol. The molecular formula is C14H12BrNO3S2. The van der Waals surface area contributed by atoms with E-state index in [1.165, 1.54) is 17.4 Å². The first-order valence-electron chi connectivity index (χ1n) is 5.92. The molecule has 1 aromatic carbocycles. The van der Waals surface area contributed by atoms with E-state index < -0.39 is 15.9 Å². The molecule has 2 aromatic rings. The van der Waals surface area contributed by atoms with Crippen molar-refractivity contribution in [3.8, 4) is 0 Å². The van der Waals surface area contributed by atoms with Gasteiger partial charge in [-0.05, 0) is 48.2 Å². The van der Waals surface area contributed by atoms with Gasteiger partial charge in [0.2, 0.25) is 0 Å². The van der Waals surface area contributed by atoms with Gasteiger partial charge in [0.05, 0.1) is 5.41 Å². The molecule has 4 nitrogen and oxygen atoms in total. The summed E-state index contributed by atoms with van der Waals surface area (Å²) in [6, 6.07) is 8.63. The van der Waals surface area contributed by atoms with Gasteiger partial charge in [0.1, 0.15) is 0 Å². The lowest BCUT2D eigenvalue weighted by Crippen LogP contribution is -2.29. The second-order valence-corrected chi connectivity index (χ2v) is 7.71. The van der Waals surface area contributed by atoms with Crippen LogP contribution in [0.15, 0.2) is 45.6 Å². The maximum Gasteiger partial charge on any atom is 0.265 e. The third kappa shape index (κ3) is 4.52. The van der Waals surface area contributed by atoms with Crippen LogP contribution in [0.4, 0.5) is 0 Å². The molecule has 0 bridgehead atoms. The lowest BCUT2D eigenvalue weighted by Gasteiger charge is -2.06. The Morgan fingerprint density at radius 2 is 2.10 bits per heavy atom. The van der Waals surface area contributed by atoms with Crippen LogP contribution in [0, 0.1) is 6.92 Å². The van der Waals surface area contributed by atoms with Crippen molar-refractivity contribution < 1.29 is 13.2 Å². The summed E-state index contributed by atoms with van der Waals surface area (Å²) < 4.78 is 26.6. The molecule has 1 aromatic heterocycles. The molecule has 0 unspecified atom stereocenters. The van der Waals surface area contributed by atoms with Gasteiger partial charge < -0.3 is 0 Å². The number of rotatable bonds is 4. The van der Waals surface area contributed by atoms with Crippen LogP contribution in [-0.2, 0) is 10.0 Å². The van der Waals surface area contributed by atoms with Gasteiger partial charge in [0.25, 0.3) is 15.9 Å². The van der Waals surface area contributed by atoms with Crippen molar-refractivity contribution >= 4 is 49.3 Å². The third-order valence-electron chi connectivity index (χ3n) is 2.62. The minimum atomic E-state index is -3.82. The smallest absolute Gasteiger partial charge is 0.265 e. The summed E-state index contributed by atoms with van der Waals surface area (Å²) in [7, 11) is -3.82. The normalized spacial score (nSPS) is 11.7. The van der Waals surface area contributed by atoms with Crippen molar-refractivity contribution in [2.24, 2.45) is 0 Å². The van der Waals surface area contributed by atoms with Crippen molar-refractivity contribution in [3.05, 3.63) is 61.6 Å². The lowest BCUT2D eigenvalue weighted by atomic mass is 10.1. The number of halogens is 1. The molecule has 110 valence electrons. The van der Waals surface area contributed by atoms with Crippen LogP contribution in [0.2, 0.25) is 0 Å². The predicted octanol–water partition coefficient (Wildman–Crippen LogP) is 3.55. The zero-order valence-corrected chi connectivity index (χ0v) is 14.3. The van der Waals surface area contributed by atoms with E-state index in [1.54, 1.807) is 31.2 Å². The molecule has 0 saturated heterocycles. The molecule has 0 atom stereocenters. The van der Waals surface area contributed by atoms with Crippen molar-refractivity contribution in [2.75, 3.05) is 0 Å². The van der Waals surface area contributed by atoms with Crippen LogP contribution in [0.3, 0.4) is 0 Å². The Labute approximate surface area is 135 Å². The fraction of sp³-hybridized carbons (Fsp3) is 0.0714. The number of hydrogen-bond acceptors (Lipinski definition) is 4. The maximum atomic E-state index is 12.0. The number of benzene rings is 1. The molecule has 0 aliphatic heterocycles. The van der Waals surface area contributed by atoms with Gasteiger partial charge in [-0.1, -0.05) is 22.0 Å². The van der Waals surface area contributed by atoms with E-state index in [9.17, 15) is 13.2 Å². The molecule has 0 aliphatic carbocycles. The minimum Gasteiger partial charge on any atom is -0.268 e. The fourth-order valence-electron chi connectivity index (χ4n) is 1.64. The molecule has 2 rings (SSSR count). The highest BCUT2D eigenvalue weighted by Gasteiger charge is 2.15. The Hall–Kier alpha value is -1.44. The zero-order chi connectivity index (χ0) is 15.5. The molecule has 1 heterocycles. The first-order chi connectivity index (χ1) is 9.87. The topological polar surface area (TPSA) is 63.2 Å². The second-order valence-electron chi connectivity index (χ2n) is 4.25. The molecule has 0 fully saturated rings. The summed E-state index contributed by atoms with van der Waals surface area (Å²) in [5, 5.41) is 2.83. The molecule has 0 saturated carbocycles. The monoisotopic (exact) mass is 385 g/mol. The Morgan fingerprint density at radius 3 is 2.71 bits per heavy atom. The molecule has 0 aliphatic rings. The summed E-state index contributed by atoms with van der Waals surface area (Å²) in [4.78, 5) is 12.8. The average Bonchev–Trinajstić information content (AvgIpc) is 2.88. The van der Waals surface area contributed by atoms with Gasteiger partial charge in [0.15, 0.2) is 0 Å². The van der Waals surface area contributed by atoms with Crippen molar-refractivity contribution in [1.29, 1.82) is 0 Å². The number of amides is 1. The van der Waals surface area contributed by atoms with Gasteiger partial charge >= 0.3 is 0 Å². The highest BCUT2D eigenvalue weighted by Crippen LogP contribution is 2.16. The average molecular weight is 386 g/mol. The zero-order valence-electron chi connectivity index (χ0n) is 11.0. The number of nitrogens with one attached hydrogen (secondary N) is 1. The van der Waals surface area contributed by atoms with Crippen LogP contribution in [0.5, 0.6) is 0 Å². The molecule has 7 heteroatoms. The third-order valence-corrected chi connectivity index (χ3v) is 4.92. The van der Waals surface area contributed by atoms with Crippen molar-refractivity contribution in [3.63, 3.8) is 0 Å². The molecule has 21 heavy (non-hydrogen) atoms. The summed E-state index contributed by atoms with van der Waals surface area (Å²) in [6.07, 6.45) is 1.45. The van der Waals surface area contributed by atoms with E-state index >= 15 is 0 Å². The number of carbonyl (C=O) groups is 1. The van der Waals surface area contributed by atoms with Gasteiger partial charge in [-0.2, -0.15) is 0 Å². The van der Waals surface area contributed by atoms with Crippen LogP contribution in [-0.4, -0.2) is 14.3 Å². The maximum absolute atomic E-state index is 12.0. The van der Waals surface area contributed by atoms with Gasteiger partial charge in [0, 0.05) is 14.9 Å². The van der Waals surface area contributed by atoms with Crippen LogP contribution >= 0.6 is 27.3 Å². The number of aryl methyl sites for hydroxylation is 1. The van der Waals surface area contributed by atoms with E-state index in [-0.39, 0.29) is 0 Å². The fourth-order valence-corrected chi connectivity index (χ4v) is 3.58. The van der Waals surface area contributed by atoms with Crippen LogP contribution in [0.1, 0.15) is 20.8 Å². The highest BCUT2D eigenvalue weighted by atomic mass is 79.9. The quantitative estimate of drug-likeness (QED) is 0.874. The van der Waals surface area contributed by atoms with Gasteiger partial charge in [-0.3, -0.25) is 4.79 Å². The lowest BCUT2D eigenvalue weighted by molar-refractivity contribution is 0.0981. The van der Waals surface area contributed by atoms with E-state index in [0.717, 1.165) is 14.8 Å². The Morgan fingerprint density at radius 1 is 1.33 bits per heavy atom. The SMILES string of the molecule is Cc1cc(Br)ccc1C(=O)NS(=O)(=O)/C=C/c1cccs1. The summed E-state index contributed by atoms with van der Waals surface area (Å²) in [5.41, 5.74) is 1.02. The number of thiophene rings is 1. The van der Waals surface area contributed by atoms with E-state index in [1.807, 2.05) is 16.2 Å². The van der Waals surface area contributed by atoms with Crippen LogP contribution < -0.4 is 4.72 Å². The molecule has 1 amide bonds. The van der Waals surface area contributed by atoms with Crippen LogP contribution in [0.25, 0.3) is 6.08 Å². The first kappa shape index (κ1) is 15.9. The second kappa shape index (κ2) is 6.55. The Bertz CT molecular complexity index is 781. The number of hydrogen-bond donors (Lipinski definition) is 1. The Balaban J connectivity index is 2.14. The summed E-state index contributed by atoms with van der Waals surface area (Å²) in [6.45, 7) is 1.74. The molecule has 0 spiro atoms. The van der Waals surface area contributed by atoms with Crippen molar-refractivity contribution in [2.45, 2.75) is 6.92 Å². The summed E-state index contributed by atoms with van der Waals surface area (Å²) >= 11 is 4.71. The number of sulfonamides is 1. The molecular weight excluding hydrogens is 374 g/mol. The van der Waals surface area contributed by atoms with Crippen molar-refractivity contribution in [1.82, 2.24) is 4.72 Å². The standard InChI is InChI=1S/C14H12BrNO3S2/c1-10-9-11(15)4-5-13(10)14(17)16-21(18,19)8-6-12-3-2-7-20-12/h2-9H,1H3,(H,16,17)/b8-6+. The largest absolute Gasteiger partial charge is 0.268 e. The van der Waals surface area contributed by atoms with E-state index in [4.69, 9.17) is 0 Å². The minimum absolute atomic E-state index is 0.325. The van der Waals surface area contributed by atoms with E-state index in [0.29, 0.717) is 11.1 Å². The Kier molecular flexibility index (Phi) is 4.97. The first-order valence-corrected chi connectivity index (χ1v) is 9.14. The number of carbonyl (C=O) groups excluding carboxylic acids is 1. The summed E-state index contributed by atoms with van der Waals surface area (Å²) in [5.74, 6) is -0.643. The molecule has 1 N–H and O–H groups in total. The molecule has 0 radical (unpaired) electrons. The van der Waals surface area contributed by atoms with Gasteiger partial charge in [-0.25, -0.2) is 13.1 Å². The highest BCUT2D eigenvalue weighted by molar-refractivity contribution is 9.10. The van der Waals surface area contributed by atoms with Gasteiger partial charge in [-0.15, -0.1) is 11.3 Å². The van der Waals surface area contributed by atoms with E-state index in [2.05, 4.69) is 15.9 Å².